The van der Waals surface area contributed by atoms with Crippen LogP contribution in [0.4, 0.5) is 0 Å². The van der Waals surface area contributed by atoms with Crippen molar-refractivity contribution in [3.8, 4) is 0 Å². The Bertz CT molecular complexity index is 956. The average Bonchev–Trinajstić information content (AvgIpc) is 3.03. The molecule has 6 heteroatoms. The van der Waals surface area contributed by atoms with E-state index in [4.69, 9.17) is 11.6 Å². The Kier molecular flexibility index (Phi) is 6.21. The van der Waals surface area contributed by atoms with Crippen molar-refractivity contribution < 1.29 is 14.7 Å². The van der Waals surface area contributed by atoms with Crippen LogP contribution < -0.4 is 0 Å². The number of imide groups is 1. The van der Waals surface area contributed by atoms with Gasteiger partial charge in [-0.15, -0.1) is 0 Å². The van der Waals surface area contributed by atoms with Crippen molar-refractivity contribution in [2.24, 2.45) is 5.92 Å². The van der Waals surface area contributed by atoms with Crippen LogP contribution in [0.2, 0.25) is 5.02 Å². The summed E-state index contributed by atoms with van der Waals surface area (Å²) in [7, 11) is 0. The molecule has 2 amide bonds. The number of carbonyl (C=O) groups is 2. The number of nitrogens with zero attached hydrogens (tertiary/aromatic N) is 2. The molecule has 2 aliphatic heterocycles. The van der Waals surface area contributed by atoms with E-state index >= 15 is 0 Å². The molecule has 2 aromatic carbocycles. The van der Waals surface area contributed by atoms with Gasteiger partial charge in [0.25, 0.3) is 11.8 Å². The zero-order valence-corrected chi connectivity index (χ0v) is 17.5. The molecule has 156 valence electrons. The second-order valence-electron chi connectivity index (χ2n) is 7.86. The molecule has 1 fully saturated rings. The first-order chi connectivity index (χ1) is 14.6. The molecule has 0 aliphatic carbocycles. The summed E-state index contributed by atoms with van der Waals surface area (Å²) in [5, 5.41) is 10.2. The maximum Gasteiger partial charge on any atom is 0.277 e. The van der Waals surface area contributed by atoms with Gasteiger partial charge in [0, 0.05) is 31.3 Å². The predicted octanol–water partition coefficient (Wildman–Crippen LogP) is 3.37. The highest BCUT2D eigenvalue weighted by Crippen LogP contribution is 2.34. The van der Waals surface area contributed by atoms with Gasteiger partial charge >= 0.3 is 0 Å². The standard InChI is InChI=1S/C24H25ClN2O3/c25-20-10-8-19(9-11-20)21-22(26-13-4-7-18(15-26)16-28)24(30)27(23(21)29)14-12-17-5-2-1-3-6-17/h1-3,5-6,8-11,18,28H,4,7,12-16H2. The fourth-order valence-corrected chi connectivity index (χ4v) is 4.37. The summed E-state index contributed by atoms with van der Waals surface area (Å²) in [5.41, 5.74) is 2.66. The molecule has 4 rings (SSSR count). The topological polar surface area (TPSA) is 60.9 Å². The quantitative estimate of drug-likeness (QED) is 0.722. The number of likely N-dealkylation sites (tertiary alicyclic amines) is 1. The van der Waals surface area contributed by atoms with Gasteiger partial charge in [0.1, 0.15) is 5.70 Å². The van der Waals surface area contributed by atoms with Gasteiger partial charge in [0.05, 0.1) is 5.57 Å². The van der Waals surface area contributed by atoms with E-state index in [1.165, 1.54) is 4.90 Å². The lowest BCUT2D eigenvalue weighted by Crippen LogP contribution is -2.41. The molecule has 0 aromatic heterocycles. The Morgan fingerprint density at radius 2 is 1.73 bits per heavy atom. The maximum absolute atomic E-state index is 13.4. The first-order valence-electron chi connectivity index (χ1n) is 10.3. The van der Waals surface area contributed by atoms with Crippen LogP contribution in [0.15, 0.2) is 60.3 Å². The largest absolute Gasteiger partial charge is 0.396 e. The number of amides is 2. The van der Waals surface area contributed by atoms with Crippen molar-refractivity contribution in [3.05, 3.63) is 76.4 Å². The summed E-state index contributed by atoms with van der Waals surface area (Å²) < 4.78 is 0. The van der Waals surface area contributed by atoms with Crippen molar-refractivity contribution in [3.63, 3.8) is 0 Å². The SMILES string of the molecule is O=C1C(c2ccc(Cl)cc2)=C(N2CCCC(CO)C2)C(=O)N1CCc1ccccc1. The predicted molar refractivity (Wildman–Crippen MR) is 117 cm³/mol. The molecule has 0 saturated carbocycles. The van der Waals surface area contributed by atoms with E-state index in [-0.39, 0.29) is 24.3 Å². The minimum absolute atomic E-state index is 0.0833. The van der Waals surface area contributed by atoms with Crippen LogP contribution >= 0.6 is 11.6 Å². The number of aliphatic hydroxyl groups is 1. The van der Waals surface area contributed by atoms with Crippen molar-refractivity contribution >= 4 is 29.0 Å². The number of rotatable bonds is 6. The molecular weight excluding hydrogens is 400 g/mol. The molecule has 2 aromatic rings. The van der Waals surface area contributed by atoms with Crippen molar-refractivity contribution in [2.45, 2.75) is 19.3 Å². The summed E-state index contributed by atoms with van der Waals surface area (Å²) in [6.45, 7) is 1.70. The van der Waals surface area contributed by atoms with E-state index < -0.39 is 0 Å². The fraction of sp³-hybridized carbons (Fsp3) is 0.333. The summed E-state index contributed by atoms with van der Waals surface area (Å²) in [6.07, 6.45) is 2.42. The van der Waals surface area contributed by atoms with Crippen molar-refractivity contribution in [1.82, 2.24) is 9.80 Å². The van der Waals surface area contributed by atoms with Crippen LogP contribution in [-0.4, -0.2) is 53.0 Å². The third-order valence-corrected chi connectivity index (χ3v) is 6.09. The molecule has 2 heterocycles. The number of carbonyl (C=O) groups excluding carboxylic acids is 2. The number of halogens is 1. The molecule has 1 atom stereocenters. The van der Waals surface area contributed by atoms with Crippen LogP contribution in [0.25, 0.3) is 5.57 Å². The molecule has 5 nitrogen and oxygen atoms in total. The zero-order chi connectivity index (χ0) is 21.1. The van der Waals surface area contributed by atoms with Crippen LogP contribution in [0.1, 0.15) is 24.0 Å². The summed E-state index contributed by atoms with van der Waals surface area (Å²) in [4.78, 5) is 30.1. The van der Waals surface area contributed by atoms with E-state index in [9.17, 15) is 14.7 Å². The molecule has 1 unspecified atom stereocenters. The minimum atomic E-state index is -0.264. The van der Waals surface area contributed by atoms with Gasteiger partial charge in [-0.3, -0.25) is 14.5 Å². The zero-order valence-electron chi connectivity index (χ0n) is 16.8. The third kappa shape index (κ3) is 4.13. The van der Waals surface area contributed by atoms with Crippen molar-refractivity contribution in [2.75, 3.05) is 26.2 Å². The Balaban J connectivity index is 1.66. The second-order valence-corrected chi connectivity index (χ2v) is 8.30. The number of piperidine rings is 1. The number of hydrogen-bond acceptors (Lipinski definition) is 4. The van der Waals surface area contributed by atoms with E-state index in [0.717, 1.165) is 18.4 Å². The first kappa shape index (κ1) is 20.6. The minimum Gasteiger partial charge on any atom is -0.396 e. The van der Waals surface area contributed by atoms with Gasteiger partial charge in [-0.1, -0.05) is 54.1 Å². The average molecular weight is 425 g/mol. The first-order valence-corrected chi connectivity index (χ1v) is 10.7. The highest BCUT2D eigenvalue weighted by Gasteiger charge is 2.42. The number of aliphatic hydroxyl groups excluding tert-OH is 1. The monoisotopic (exact) mass is 424 g/mol. The second kappa shape index (κ2) is 9.02. The highest BCUT2D eigenvalue weighted by atomic mass is 35.5. The van der Waals surface area contributed by atoms with Gasteiger partial charge in [-0.2, -0.15) is 0 Å². The van der Waals surface area contributed by atoms with Crippen LogP contribution in [0, 0.1) is 5.92 Å². The van der Waals surface area contributed by atoms with Gasteiger partial charge in [0.15, 0.2) is 0 Å². The summed E-state index contributed by atoms with van der Waals surface area (Å²) in [5.74, 6) is -0.405. The van der Waals surface area contributed by atoms with E-state index in [1.807, 2.05) is 35.2 Å². The van der Waals surface area contributed by atoms with E-state index in [1.54, 1.807) is 24.3 Å². The van der Waals surface area contributed by atoms with Crippen LogP contribution in [0.3, 0.4) is 0 Å². The Morgan fingerprint density at radius 1 is 1.00 bits per heavy atom. The molecule has 30 heavy (non-hydrogen) atoms. The van der Waals surface area contributed by atoms with Gasteiger partial charge < -0.3 is 10.0 Å². The lowest BCUT2D eigenvalue weighted by Gasteiger charge is -2.34. The summed E-state index contributed by atoms with van der Waals surface area (Å²) in [6, 6.07) is 16.9. The smallest absolute Gasteiger partial charge is 0.277 e. The van der Waals surface area contributed by atoms with Crippen LogP contribution in [-0.2, 0) is 16.0 Å². The van der Waals surface area contributed by atoms with Gasteiger partial charge in [-0.05, 0) is 48.4 Å². The molecule has 0 radical (unpaired) electrons. The van der Waals surface area contributed by atoms with Crippen molar-refractivity contribution in [1.29, 1.82) is 0 Å². The van der Waals surface area contributed by atoms with Gasteiger partial charge in [0.2, 0.25) is 0 Å². The van der Waals surface area contributed by atoms with E-state index in [0.29, 0.717) is 47.9 Å². The lowest BCUT2D eigenvalue weighted by molar-refractivity contribution is -0.137. The maximum atomic E-state index is 13.4. The number of hydrogen-bond donors (Lipinski definition) is 1. The Labute approximate surface area is 181 Å². The van der Waals surface area contributed by atoms with Crippen LogP contribution in [0.5, 0.6) is 0 Å². The lowest BCUT2D eigenvalue weighted by atomic mass is 9.97. The Hall–Kier alpha value is -2.63. The molecule has 1 saturated heterocycles. The molecule has 2 aliphatic rings. The molecule has 0 spiro atoms. The highest BCUT2D eigenvalue weighted by molar-refractivity contribution is 6.36. The Morgan fingerprint density at radius 3 is 2.43 bits per heavy atom. The molecular formula is C24H25ClN2O3. The normalized spacial score (nSPS) is 19.7. The third-order valence-electron chi connectivity index (χ3n) is 5.84. The molecule has 0 bridgehead atoms. The number of benzene rings is 2. The fourth-order valence-electron chi connectivity index (χ4n) is 4.24. The van der Waals surface area contributed by atoms with Gasteiger partial charge in [-0.25, -0.2) is 0 Å². The summed E-state index contributed by atoms with van der Waals surface area (Å²) >= 11 is 6.04. The van der Waals surface area contributed by atoms with E-state index in [2.05, 4.69) is 0 Å². The molecule has 1 N–H and O–H groups in total.